The minimum atomic E-state index is -0.189. The zero-order valence-corrected chi connectivity index (χ0v) is 22.0. The highest BCUT2D eigenvalue weighted by Gasteiger charge is 2.49. The summed E-state index contributed by atoms with van der Waals surface area (Å²) < 4.78 is 5.27. The molecule has 0 bridgehead atoms. The molecule has 2 atom stereocenters. The van der Waals surface area contributed by atoms with Crippen molar-refractivity contribution in [2.45, 2.75) is 44.6 Å². The van der Waals surface area contributed by atoms with E-state index in [0.29, 0.717) is 30.2 Å². The Bertz CT molecular complexity index is 1110. The molecule has 196 valence electrons. The van der Waals surface area contributed by atoms with Gasteiger partial charge in [0.25, 0.3) is 0 Å². The van der Waals surface area contributed by atoms with Gasteiger partial charge >= 0.3 is 0 Å². The van der Waals surface area contributed by atoms with Gasteiger partial charge in [-0.1, -0.05) is 42.5 Å². The first-order valence-corrected chi connectivity index (χ1v) is 14.0. The zero-order valence-electron chi connectivity index (χ0n) is 22.0. The largest absolute Gasteiger partial charge is 0.497 e. The molecule has 0 unspecified atom stereocenters. The Labute approximate surface area is 220 Å². The van der Waals surface area contributed by atoms with Gasteiger partial charge in [-0.25, -0.2) is 0 Å². The molecule has 1 saturated carbocycles. The van der Waals surface area contributed by atoms with Crippen molar-refractivity contribution in [3.05, 3.63) is 65.7 Å². The Hall–Kier alpha value is -2.86. The molecule has 6 nitrogen and oxygen atoms in total. The minimum Gasteiger partial charge on any atom is -0.497 e. The first-order chi connectivity index (χ1) is 18.0. The summed E-state index contributed by atoms with van der Waals surface area (Å²) in [7, 11) is 1.67. The van der Waals surface area contributed by atoms with E-state index in [9.17, 15) is 9.59 Å². The molecule has 6 heteroatoms. The van der Waals surface area contributed by atoms with Crippen LogP contribution in [0.25, 0.3) is 0 Å². The summed E-state index contributed by atoms with van der Waals surface area (Å²) in [6, 6.07) is 18.8. The number of rotatable bonds is 7. The molecule has 3 heterocycles. The van der Waals surface area contributed by atoms with E-state index in [0.717, 1.165) is 82.7 Å². The van der Waals surface area contributed by atoms with Crippen LogP contribution >= 0.6 is 0 Å². The number of hydrogen-bond acceptors (Lipinski definition) is 4. The second-order valence-electron chi connectivity index (χ2n) is 11.7. The van der Waals surface area contributed by atoms with E-state index in [-0.39, 0.29) is 11.3 Å². The SMILES string of the molecule is COc1ccc(CN2CCC3(CCN(C[C@H]4CN(C(=O)C5CC5)C[C@@H]4c4ccccc4)CC3)C2=O)cc1. The smallest absolute Gasteiger partial charge is 0.229 e. The van der Waals surface area contributed by atoms with Gasteiger partial charge in [0, 0.05) is 44.6 Å². The van der Waals surface area contributed by atoms with E-state index in [1.165, 1.54) is 5.56 Å². The molecular formula is C31H39N3O3. The van der Waals surface area contributed by atoms with Gasteiger partial charge in [-0.2, -0.15) is 0 Å². The number of carbonyl (C=O) groups excluding carboxylic acids is 2. The van der Waals surface area contributed by atoms with E-state index in [1.54, 1.807) is 7.11 Å². The van der Waals surface area contributed by atoms with Crippen LogP contribution in [0.1, 0.15) is 49.1 Å². The molecule has 4 aliphatic rings. The van der Waals surface area contributed by atoms with Crippen molar-refractivity contribution in [3.8, 4) is 5.75 Å². The van der Waals surface area contributed by atoms with Crippen LogP contribution in [-0.4, -0.2) is 72.9 Å². The number of benzene rings is 2. The Morgan fingerprint density at radius 1 is 0.946 bits per heavy atom. The molecule has 1 aliphatic carbocycles. The molecule has 0 radical (unpaired) electrons. The molecule has 37 heavy (non-hydrogen) atoms. The Kier molecular flexibility index (Phi) is 6.70. The van der Waals surface area contributed by atoms with Crippen LogP contribution in [0.2, 0.25) is 0 Å². The third-order valence-corrected chi connectivity index (χ3v) is 9.35. The number of piperidine rings is 1. The molecule has 2 aromatic carbocycles. The van der Waals surface area contributed by atoms with Crippen LogP contribution in [0.4, 0.5) is 0 Å². The number of carbonyl (C=O) groups is 2. The summed E-state index contributed by atoms with van der Waals surface area (Å²) in [6.45, 7) is 6.19. The quantitative estimate of drug-likeness (QED) is 0.572. The number of ether oxygens (including phenoxy) is 1. The van der Waals surface area contributed by atoms with Crippen molar-refractivity contribution >= 4 is 11.8 Å². The lowest BCUT2D eigenvalue weighted by atomic mass is 9.76. The number of hydrogen-bond donors (Lipinski definition) is 0. The lowest BCUT2D eigenvalue weighted by Gasteiger charge is -2.39. The van der Waals surface area contributed by atoms with Gasteiger partial charge in [-0.05, 0) is 74.4 Å². The third-order valence-electron chi connectivity index (χ3n) is 9.35. The van der Waals surface area contributed by atoms with Crippen LogP contribution in [0.15, 0.2) is 54.6 Å². The molecule has 6 rings (SSSR count). The van der Waals surface area contributed by atoms with Crippen LogP contribution in [0.5, 0.6) is 5.75 Å². The van der Waals surface area contributed by atoms with Gasteiger partial charge in [0.1, 0.15) is 5.75 Å². The molecule has 2 amide bonds. The summed E-state index contributed by atoms with van der Waals surface area (Å²) in [6.07, 6.45) is 4.98. The normalized spacial score (nSPS) is 25.7. The lowest BCUT2D eigenvalue weighted by molar-refractivity contribution is -0.139. The minimum absolute atomic E-state index is 0.189. The number of methoxy groups -OCH3 is 1. The predicted molar refractivity (Wildman–Crippen MR) is 143 cm³/mol. The Morgan fingerprint density at radius 3 is 2.32 bits per heavy atom. The van der Waals surface area contributed by atoms with Gasteiger partial charge in [-0.3, -0.25) is 9.59 Å². The van der Waals surface area contributed by atoms with E-state index in [1.807, 2.05) is 12.1 Å². The molecule has 2 aromatic rings. The van der Waals surface area contributed by atoms with Crippen LogP contribution in [0, 0.1) is 17.3 Å². The topological polar surface area (TPSA) is 53.1 Å². The maximum absolute atomic E-state index is 13.5. The number of amides is 2. The fraction of sp³-hybridized carbons (Fsp3) is 0.548. The average molecular weight is 502 g/mol. The fourth-order valence-electron chi connectivity index (χ4n) is 6.86. The van der Waals surface area contributed by atoms with Gasteiger partial charge in [0.15, 0.2) is 0 Å². The maximum atomic E-state index is 13.5. The molecule has 0 aromatic heterocycles. The number of likely N-dealkylation sites (tertiary alicyclic amines) is 3. The van der Waals surface area contributed by atoms with E-state index in [2.05, 4.69) is 57.2 Å². The van der Waals surface area contributed by atoms with Crippen molar-refractivity contribution in [1.29, 1.82) is 0 Å². The maximum Gasteiger partial charge on any atom is 0.229 e. The lowest BCUT2D eigenvalue weighted by Crippen LogP contribution is -2.46. The van der Waals surface area contributed by atoms with Gasteiger partial charge < -0.3 is 19.4 Å². The van der Waals surface area contributed by atoms with E-state index < -0.39 is 0 Å². The van der Waals surface area contributed by atoms with Crippen molar-refractivity contribution in [2.24, 2.45) is 17.3 Å². The molecule has 1 spiro atoms. The molecular weight excluding hydrogens is 462 g/mol. The zero-order chi connectivity index (χ0) is 25.4. The third kappa shape index (κ3) is 5.00. The average Bonchev–Trinajstić information content (AvgIpc) is 3.65. The Morgan fingerprint density at radius 2 is 1.65 bits per heavy atom. The summed E-state index contributed by atoms with van der Waals surface area (Å²) in [5, 5.41) is 0. The summed E-state index contributed by atoms with van der Waals surface area (Å²) in [4.78, 5) is 33.2. The molecule has 4 fully saturated rings. The first-order valence-electron chi connectivity index (χ1n) is 14.0. The summed E-state index contributed by atoms with van der Waals surface area (Å²) in [5.41, 5.74) is 2.32. The highest BCUT2D eigenvalue weighted by atomic mass is 16.5. The monoisotopic (exact) mass is 501 g/mol. The van der Waals surface area contributed by atoms with Crippen LogP contribution in [-0.2, 0) is 16.1 Å². The van der Waals surface area contributed by atoms with Gasteiger partial charge in [0.2, 0.25) is 11.8 Å². The van der Waals surface area contributed by atoms with Crippen molar-refractivity contribution in [2.75, 3.05) is 46.4 Å². The van der Waals surface area contributed by atoms with Crippen LogP contribution in [0.3, 0.4) is 0 Å². The van der Waals surface area contributed by atoms with Crippen molar-refractivity contribution in [1.82, 2.24) is 14.7 Å². The Balaban J connectivity index is 1.07. The second-order valence-corrected chi connectivity index (χ2v) is 11.7. The molecule has 3 aliphatic heterocycles. The van der Waals surface area contributed by atoms with Gasteiger partial charge in [0.05, 0.1) is 12.5 Å². The van der Waals surface area contributed by atoms with E-state index in [4.69, 9.17) is 4.74 Å². The number of nitrogens with zero attached hydrogens (tertiary/aromatic N) is 3. The highest BCUT2D eigenvalue weighted by Crippen LogP contribution is 2.43. The molecule has 3 saturated heterocycles. The summed E-state index contributed by atoms with van der Waals surface area (Å²) in [5.74, 6) is 2.68. The standard InChI is InChI=1S/C31H39N3O3/c1-37-27-11-7-23(8-12-27)19-33-18-15-31(30(33)36)13-16-32(17-14-31)20-26-21-34(29(35)25-9-10-25)22-28(26)24-5-3-2-4-6-24/h2-8,11-12,25-26,28H,9-10,13-22H2,1H3/t26-,28+/m0/s1. The fourth-order valence-corrected chi connectivity index (χ4v) is 6.86. The van der Waals surface area contributed by atoms with Crippen molar-refractivity contribution < 1.29 is 14.3 Å². The first kappa shape index (κ1) is 24.5. The summed E-state index contributed by atoms with van der Waals surface area (Å²) >= 11 is 0. The second kappa shape index (κ2) is 10.1. The van der Waals surface area contributed by atoms with Gasteiger partial charge in [-0.15, -0.1) is 0 Å². The van der Waals surface area contributed by atoms with Crippen molar-refractivity contribution in [3.63, 3.8) is 0 Å². The predicted octanol–water partition coefficient (Wildman–Crippen LogP) is 4.16. The highest BCUT2D eigenvalue weighted by molar-refractivity contribution is 5.85. The molecule has 0 N–H and O–H groups in total. The van der Waals surface area contributed by atoms with Crippen LogP contribution < -0.4 is 4.74 Å². The van der Waals surface area contributed by atoms with E-state index >= 15 is 0 Å².